The average Bonchev–Trinajstić information content (AvgIpc) is 2.44. The topological polar surface area (TPSA) is 58.2 Å². The van der Waals surface area contributed by atoms with Gasteiger partial charge in [-0.2, -0.15) is 0 Å². The Morgan fingerprint density at radius 1 is 0.913 bits per heavy atom. The van der Waals surface area contributed by atoms with Gasteiger partial charge in [0.05, 0.1) is 4.90 Å². The van der Waals surface area contributed by atoms with E-state index in [1.54, 1.807) is 12.1 Å². The molecule has 0 saturated heterocycles. The van der Waals surface area contributed by atoms with Crippen molar-refractivity contribution >= 4 is 21.4 Å². The first-order valence-corrected chi connectivity index (χ1v) is 9.26. The summed E-state index contributed by atoms with van der Waals surface area (Å²) in [6.07, 6.45) is 1.04. The first kappa shape index (κ1) is 17.3. The lowest BCUT2D eigenvalue weighted by molar-refractivity contribution is 0.600. The zero-order valence-corrected chi connectivity index (χ0v) is 14.9. The molecule has 0 spiro atoms. The Morgan fingerprint density at radius 2 is 1.43 bits per heavy atom. The minimum atomic E-state index is -3.59. The average molecular weight is 332 g/mol. The molecule has 0 aromatic heterocycles. The zero-order valence-electron chi connectivity index (χ0n) is 14.1. The minimum absolute atomic E-state index is 0.358. The van der Waals surface area contributed by atoms with Crippen molar-refractivity contribution in [3.63, 3.8) is 0 Å². The molecule has 2 aromatic carbocycles. The number of rotatable bonds is 6. The first-order valence-electron chi connectivity index (χ1n) is 7.78. The summed E-state index contributed by atoms with van der Waals surface area (Å²) in [5.74, 6) is 0. The predicted octanol–water partition coefficient (Wildman–Crippen LogP) is 4.23. The van der Waals surface area contributed by atoms with Crippen LogP contribution in [0.25, 0.3) is 0 Å². The number of nitrogens with one attached hydrogen (secondary N) is 2. The van der Waals surface area contributed by atoms with Crippen LogP contribution in [0.5, 0.6) is 0 Å². The van der Waals surface area contributed by atoms with E-state index in [0.717, 1.165) is 35.3 Å². The van der Waals surface area contributed by atoms with Crippen molar-refractivity contribution in [1.82, 2.24) is 0 Å². The fourth-order valence-electron chi connectivity index (χ4n) is 2.72. The van der Waals surface area contributed by atoms with E-state index in [1.165, 1.54) is 0 Å². The second-order valence-electron chi connectivity index (χ2n) is 5.84. The lowest BCUT2D eigenvalue weighted by Gasteiger charge is -2.14. The van der Waals surface area contributed by atoms with Crippen molar-refractivity contribution in [3.8, 4) is 0 Å². The Kier molecular flexibility index (Phi) is 5.31. The summed E-state index contributed by atoms with van der Waals surface area (Å²) in [7, 11) is -3.59. The summed E-state index contributed by atoms with van der Waals surface area (Å²) in [5, 5.41) is 3.26. The fraction of sp³-hybridized carbons (Fsp3) is 0.333. The van der Waals surface area contributed by atoms with Gasteiger partial charge in [0.25, 0.3) is 10.0 Å². The Labute approximate surface area is 139 Å². The fourth-order valence-corrected chi connectivity index (χ4v) is 4.24. The molecule has 0 aliphatic rings. The van der Waals surface area contributed by atoms with Crippen molar-refractivity contribution < 1.29 is 8.42 Å². The Balaban J connectivity index is 2.25. The number of anilines is 2. The third kappa shape index (κ3) is 4.26. The van der Waals surface area contributed by atoms with Gasteiger partial charge in [0.1, 0.15) is 0 Å². The van der Waals surface area contributed by atoms with Crippen molar-refractivity contribution in [2.45, 2.75) is 39.0 Å². The highest BCUT2D eigenvalue weighted by Gasteiger charge is 2.19. The van der Waals surface area contributed by atoms with E-state index in [-0.39, 0.29) is 0 Å². The van der Waals surface area contributed by atoms with Gasteiger partial charge in [-0.15, -0.1) is 0 Å². The van der Waals surface area contributed by atoms with E-state index < -0.39 is 10.0 Å². The highest BCUT2D eigenvalue weighted by molar-refractivity contribution is 7.92. The van der Waals surface area contributed by atoms with Gasteiger partial charge in [0.15, 0.2) is 0 Å². The molecule has 0 heterocycles. The Morgan fingerprint density at radius 3 is 1.96 bits per heavy atom. The molecule has 4 nitrogen and oxygen atoms in total. The van der Waals surface area contributed by atoms with Gasteiger partial charge in [-0.25, -0.2) is 8.42 Å². The molecule has 2 N–H and O–H groups in total. The number of sulfonamides is 1. The van der Waals surface area contributed by atoms with Gasteiger partial charge in [0, 0.05) is 17.9 Å². The maximum atomic E-state index is 12.7. The quantitative estimate of drug-likeness (QED) is 0.832. The van der Waals surface area contributed by atoms with Gasteiger partial charge in [-0.3, -0.25) is 4.72 Å². The second-order valence-corrected chi connectivity index (χ2v) is 7.46. The van der Waals surface area contributed by atoms with Crippen LogP contribution >= 0.6 is 0 Å². The summed E-state index contributed by atoms with van der Waals surface area (Å²) < 4.78 is 28.0. The van der Waals surface area contributed by atoms with Gasteiger partial charge >= 0.3 is 0 Å². The molecule has 0 amide bonds. The van der Waals surface area contributed by atoms with Crippen LogP contribution in [-0.4, -0.2) is 15.0 Å². The summed E-state index contributed by atoms with van der Waals surface area (Å²) in [6, 6.07) is 11.1. The molecular formula is C18H24N2O2S. The molecule has 0 unspecified atom stereocenters. The summed E-state index contributed by atoms with van der Waals surface area (Å²) in [5.41, 5.74) is 4.13. The van der Waals surface area contributed by atoms with Crippen LogP contribution in [0, 0.1) is 20.8 Å². The molecule has 0 radical (unpaired) electrons. The van der Waals surface area contributed by atoms with E-state index in [2.05, 4.69) is 17.0 Å². The first-order chi connectivity index (χ1) is 10.8. The molecule has 0 fully saturated rings. The van der Waals surface area contributed by atoms with E-state index in [1.807, 2.05) is 45.0 Å². The van der Waals surface area contributed by atoms with Crippen molar-refractivity contribution in [2.75, 3.05) is 16.6 Å². The molecular weight excluding hydrogens is 308 g/mol. The third-order valence-electron chi connectivity index (χ3n) is 3.59. The van der Waals surface area contributed by atoms with E-state index >= 15 is 0 Å². The largest absolute Gasteiger partial charge is 0.385 e. The highest BCUT2D eigenvalue weighted by atomic mass is 32.2. The van der Waals surface area contributed by atoms with Gasteiger partial charge in [-0.05, 0) is 62.6 Å². The molecule has 2 aromatic rings. The molecule has 0 atom stereocenters. The van der Waals surface area contributed by atoms with Gasteiger partial charge < -0.3 is 5.32 Å². The van der Waals surface area contributed by atoms with Crippen LogP contribution < -0.4 is 10.0 Å². The minimum Gasteiger partial charge on any atom is -0.385 e. The predicted molar refractivity (Wildman–Crippen MR) is 96.7 cm³/mol. The highest BCUT2D eigenvalue weighted by Crippen LogP contribution is 2.24. The molecule has 0 saturated carbocycles. The van der Waals surface area contributed by atoms with E-state index in [9.17, 15) is 8.42 Å². The second kappa shape index (κ2) is 7.04. The number of hydrogen-bond acceptors (Lipinski definition) is 3. The third-order valence-corrected chi connectivity index (χ3v) is 5.28. The lowest BCUT2D eigenvalue weighted by Crippen LogP contribution is -2.16. The summed E-state index contributed by atoms with van der Waals surface area (Å²) in [4.78, 5) is 0.358. The number of aryl methyl sites for hydroxylation is 3. The Hall–Kier alpha value is -2.01. The molecule has 23 heavy (non-hydrogen) atoms. The molecule has 0 bridgehead atoms. The van der Waals surface area contributed by atoms with E-state index in [0.29, 0.717) is 10.6 Å². The monoisotopic (exact) mass is 332 g/mol. The molecule has 2 rings (SSSR count). The number of benzene rings is 2. The normalized spacial score (nSPS) is 11.3. The molecule has 5 heteroatoms. The molecule has 124 valence electrons. The Bertz CT molecular complexity index is 758. The van der Waals surface area contributed by atoms with E-state index in [4.69, 9.17) is 0 Å². The van der Waals surface area contributed by atoms with Crippen molar-refractivity contribution in [2.24, 2.45) is 0 Å². The zero-order chi connectivity index (χ0) is 17.0. The van der Waals surface area contributed by atoms with Crippen molar-refractivity contribution in [1.29, 1.82) is 0 Å². The van der Waals surface area contributed by atoms with Gasteiger partial charge in [-0.1, -0.05) is 24.6 Å². The SMILES string of the molecule is CCCNc1ccc(NS(=O)(=O)c2c(C)cc(C)cc2C)cc1. The van der Waals surface area contributed by atoms with Crippen LogP contribution in [0.2, 0.25) is 0 Å². The van der Waals surface area contributed by atoms with Crippen LogP contribution in [0.4, 0.5) is 11.4 Å². The van der Waals surface area contributed by atoms with Gasteiger partial charge in [0.2, 0.25) is 0 Å². The summed E-state index contributed by atoms with van der Waals surface area (Å²) >= 11 is 0. The van der Waals surface area contributed by atoms with Crippen LogP contribution in [0.1, 0.15) is 30.0 Å². The maximum Gasteiger partial charge on any atom is 0.262 e. The van der Waals surface area contributed by atoms with Crippen LogP contribution in [0.15, 0.2) is 41.3 Å². The summed E-state index contributed by atoms with van der Waals surface area (Å²) in [6.45, 7) is 8.61. The van der Waals surface area contributed by atoms with Crippen LogP contribution in [-0.2, 0) is 10.0 Å². The standard InChI is InChI=1S/C18H24N2O2S/c1-5-10-19-16-6-8-17(9-7-16)20-23(21,22)18-14(3)11-13(2)12-15(18)4/h6-9,11-12,19-20H,5,10H2,1-4H3. The lowest BCUT2D eigenvalue weighted by atomic mass is 10.1. The van der Waals surface area contributed by atoms with Crippen molar-refractivity contribution in [3.05, 3.63) is 53.1 Å². The van der Waals surface area contributed by atoms with Crippen LogP contribution in [0.3, 0.4) is 0 Å². The molecule has 0 aliphatic carbocycles. The maximum absolute atomic E-state index is 12.7. The number of hydrogen-bond donors (Lipinski definition) is 2. The molecule has 0 aliphatic heterocycles. The smallest absolute Gasteiger partial charge is 0.262 e.